The van der Waals surface area contributed by atoms with Crippen molar-refractivity contribution in [3.05, 3.63) is 90.0 Å². The molecular weight excluding hydrogens is 528 g/mol. The summed E-state index contributed by atoms with van der Waals surface area (Å²) in [4.78, 5) is 30.0. The summed E-state index contributed by atoms with van der Waals surface area (Å²) in [5.74, 6) is -1.30. The second kappa shape index (κ2) is 12.6. The normalized spacial score (nSPS) is 18.9. The molecule has 2 atom stereocenters. The third kappa shape index (κ3) is 5.44. The van der Waals surface area contributed by atoms with Gasteiger partial charge < -0.3 is 9.47 Å². The number of methoxy groups -OCH3 is 1. The standard InChI is InChI=1S/C31H34N2O6S/c1-4-6-16-28-32-22-31(30(35)39-5-2,40(36,37)25-12-8-7-9-13-25)33(28)21-23-17-19-24(20-18-23)26-14-10-11-15-27(26)29(34)38-3/h7-15,17-20,22,28H,4-6,16,21H2,1-3H3. The summed E-state index contributed by atoms with van der Waals surface area (Å²) in [7, 11) is -2.93. The molecule has 0 aromatic heterocycles. The van der Waals surface area contributed by atoms with E-state index >= 15 is 0 Å². The van der Waals surface area contributed by atoms with E-state index < -0.39 is 32.8 Å². The number of hydrogen-bond acceptors (Lipinski definition) is 8. The quantitative estimate of drug-likeness (QED) is 0.293. The van der Waals surface area contributed by atoms with Gasteiger partial charge in [-0.3, -0.25) is 4.99 Å². The summed E-state index contributed by atoms with van der Waals surface area (Å²) in [6.45, 7) is 3.86. The van der Waals surface area contributed by atoms with Crippen LogP contribution in [0.1, 0.15) is 49.0 Å². The highest BCUT2D eigenvalue weighted by Crippen LogP contribution is 2.38. The Morgan fingerprint density at radius 2 is 1.62 bits per heavy atom. The molecule has 3 aromatic rings. The molecule has 4 rings (SSSR count). The highest BCUT2D eigenvalue weighted by atomic mass is 32.2. The molecule has 3 aromatic carbocycles. The van der Waals surface area contributed by atoms with Crippen molar-refractivity contribution in [2.45, 2.75) is 55.6 Å². The first-order valence-corrected chi connectivity index (χ1v) is 14.8. The molecule has 1 heterocycles. The third-order valence-corrected chi connectivity index (χ3v) is 9.22. The molecule has 40 heavy (non-hydrogen) atoms. The van der Waals surface area contributed by atoms with Gasteiger partial charge in [0.1, 0.15) is 6.17 Å². The van der Waals surface area contributed by atoms with Crippen LogP contribution < -0.4 is 0 Å². The van der Waals surface area contributed by atoms with E-state index in [2.05, 4.69) is 4.99 Å². The first kappa shape index (κ1) is 29.2. The number of ether oxygens (including phenoxy) is 2. The summed E-state index contributed by atoms with van der Waals surface area (Å²) in [6.07, 6.45) is 3.03. The van der Waals surface area contributed by atoms with Crippen molar-refractivity contribution in [3.8, 4) is 11.1 Å². The Morgan fingerprint density at radius 3 is 2.27 bits per heavy atom. The van der Waals surface area contributed by atoms with Crippen molar-refractivity contribution in [2.24, 2.45) is 4.99 Å². The maximum Gasteiger partial charge on any atom is 0.348 e. The predicted molar refractivity (Wildman–Crippen MR) is 154 cm³/mol. The maximum atomic E-state index is 14.2. The smallest absolute Gasteiger partial charge is 0.348 e. The molecular formula is C31H34N2O6S. The van der Waals surface area contributed by atoms with Gasteiger partial charge in [-0.1, -0.05) is 80.4 Å². The van der Waals surface area contributed by atoms with Crippen molar-refractivity contribution in [2.75, 3.05) is 13.7 Å². The number of rotatable bonds is 11. The molecule has 9 heteroatoms. The average molecular weight is 563 g/mol. The Kier molecular flexibility index (Phi) is 9.17. The number of sulfone groups is 1. The van der Waals surface area contributed by atoms with E-state index in [1.54, 1.807) is 42.2 Å². The lowest BCUT2D eigenvalue weighted by molar-refractivity contribution is -0.149. The molecule has 0 amide bonds. The van der Waals surface area contributed by atoms with Gasteiger partial charge in [0, 0.05) is 12.8 Å². The summed E-state index contributed by atoms with van der Waals surface area (Å²) < 4.78 is 38.7. The van der Waals surface area contributed by atoms with E-state index in [-0.39, 0.29) is 18.0 Å². The van der Waals surface area contributed by atoms with Gasteiger partial charge in [-0.15, -0.1) is 0 Å². The van der Waals surface area contributed by atoms with E-state index in [4.69, 9.17) is 9.47 Å². The molecule has 1 aliphatic rings. The lowest BCUT2D eigenvalue weighted by atomic mass is 9.98. The van der Waals surface area contributed by atoms with Crippen molar-refractivity contribution in [3.63, 3.8) is 0 Å². The fourth-order valence-electron chi connectivity index (χ4n) is 4.93. The van der Waals surface area contributed by atoms with Gasteiger partial charge in [-0.05, 0) is 48.2 Å². The minimum Gasteiger partial charge on any atom is -0.465 e. The maximum absolute atomic E-state index is 14.2. The number of hydrogen-bond donors (Lipinski definition) is 0. The minimum atomic E-state index is -4.27. The highest BCUT2D eigenvalue weighted by Gasteiger charge is 2.60. The number of carbonyl (C=O) groups is 2. The van der Waals surface area contributed by atoms with Crippen LogP contribution >= 0.6 is 0 Å². The van der Waals surface area contributed by atoms with Crippen molar-refractivity contribution in [1.29, 1.82) is 0 Å². The Hall–Kier alpha value is -3.82. The largest absolute Gasteiger partial charge is 0.465 e. The molecule has 0 aliphatic carbocycles. The van der Waals surface area contributed by atoms with E-state index in [1.807, 2.05) is 43.3 Å². The average Bonchev–Trinajstić information content (AvgIpc) is 3.36. The number of carbonyl (C=O) groups excluding carboxylic acids is 2. The SMILES string of the molecule is CCCCC1N=CC(C(=O)OCC)(S(=O)(=O)c2ccccc2)N1Cc1ccc(-c2ccccc2C(=O)OC)cc1. The van der Waals surface area contributed by atoms with E-state index in [9.17, 15) is 18.0 Å². The van der Waals surface area contributed by atoms with Crippen LogP contribution in [-0.2, 0) is 30.7 Å². The van der Waals surface area contributed by atoms with Gasteiger partial charge in [0.2, 0.25) is 9.84 Å². The Balaban J connectivity index is 1.76. The molecule has 0 spiro atoms. The highest BCUT2D eigenvalue weighted by molar-refractivity contribution is 7.94. The zero-order chi connectivity index (χ0) is 28.8. The second-order valence-corrected chi connectivity index (χ2v) is 11.6. The third-order valence-electron chi connectivity index (χ3n) is 7.01. The number of unbranched alkanes of at least 4 members (excludes halogenated alkanes) is 1. The van der Waals surface area contributed by atoms with Crippen LogP contribution in [0.5, 0.6) is 0 Å². The molecule has 1 aliphatic heterocycles. The van der Waals surface area contributed by atoms with Crippen LogP contribution in [0, 0.1) is 0 Å². The van der Waals surface area contributed by atoms with Gasteiger partial charge in [0.25, 0.3) is 4.87 Å². The Morgan fingerprint density at radius 1 is 0.950 bits per heavy atom. The van der Waals surface area contributed by atoms with Gasteiger partial charge in [0.05, 0.1) is 24.2 Å². The molecule has 2 unspecified atom stereocenters. The van der Waals surface area contributed by atoms with Crippen LogP contribution in [0.15, 0.2) is 88.8 Å². The van der Waals surface area contributed by atoms with Crippen LogP contribution in [0.4, 0.5) is 0 Å². The zero-order valence-electron chi connectivity index (χ0n) is 22.9. The van der Waals surface area contributed by atoms with Crippen molar-refractivity contribution < 1.29 is 27.5 Å². The molecule has 0 fully saturated rings. The predicted octanol–water partition coefficient (Wildman–Crippen LogP) is 5.28. The van der Waals surface area contributed by atoms with Crippen LogP contribution in [0.2, 0.25) is 0 Å². The summed E-state index contributed by atoms with van der Waals surface area (Å²) in [5.41, 5.74) is 2.75. The van der Waals surface area contributed by atoms with Crippen molar-refractivity contribution >= 4 is 28.0 Å². The second-order valence-electron chi connectivity index (χ2n) is 9.50. The fourth-order valence-corrected chi connectivity index (χ4v) is 6.78. The summed E-state index contributed by atoms with van der Waals surface area (Å²) in [6, 6.07) is 22.6. The molecule has 0 saturated heterocycles. The monoisotopic (exact) mass is 562 g/mol. The summed E-state index contributed by atoms with van der Waals surface area (Å²) in [5, 5.41) is 0. The van der Waals surface area contributed by atoms with Gasteiger partial charge in [-0.2, -0.15) is 0 Å². The molecule has 210 valence electrons. The first-order chi connectivity index (χ1) is 19.3. The molecule has 8 nitrogen and oxygen atoms in total. The first-order valence-electron chi connectivity index (χ1n) is 13.3. The lowest BCUT2D eigenvalue weighted by Crippen LogP contribution is -2.60. The van der Waals surface area contributed by atoms with Crippen LogP contribution in [-0.4, -0.2) is 56.2 Å². The molecule has 0 radical (unpaired) electrons. The number of benzene rings is 3. The topological polar surface area (TPSA) is 102 Å². The number of aliphatic imine (C=N–C) groups is 1. The molecule has 0 saturated carbocycles. The van der Waals surface area contributed by atoms with E-state index in [0.29, 0.717) is 12.0 Å². The number of nitrogens with zero attached hydrogens (tertiary/aromatic N) is 2. The number of esters is 2. The fraction of sp³-hybridized carbons (Fsp3) is 0.323. The zero-order valence-corrected chi connectivity index (χ0v) is 23.8. The molecule has 0 bridgehead atoms. The Bertz CT molecular complexity index is 1470. The van der Waals surface area contributed by atoms with Gasteiger partial charge in [-0.25, -0.2) is 22.9 Å². The summed E-state index contributed by atoms with van der Waals surface area (Å²) >= 11 is 0. The van der Waals surface area contributed by atoms with E-state index in [0.717, 1.165) is 29.5 Å². The van der Waals surface area contributed by atoms with Crippen LogP contribution in [0.25, 0.3) is 11.1 Å². The van der Waals surface area contributed by atoms with Crippen LogP contribution in [0.3, 0.4) is 0 Å². The Labute approximate surface area is 235 Å². The van der Waals surface area contributed by atoms with Crippen molar-refractivity contribution in [1.82, 2.24) is 4.90 Å². The van der Waals surface area contributed by atoms with Gasteiger partial charge in [0.15, 0.2) is 0 Å². The van der Waals surface area contributed by atoms with Gasteiger partial charge >= 0.3 is 11.9 Å². The minimum absolute atomic E-state index is 0.0189. The molecule has 0 N–H and O–H groups in total. The lowest BCUT2D eigenvalue weighted by Gasteiger charge is -2.37. The van der Waals surface area contributed by atoms with E-state index in [1.165, 1.54) is 25.5 Å².